The van der Waals surface area contributed by atoms with Gasteiger partial charge >= 0.3 is 0 Å². The first-order valence-electron chi connectivity index (χ1n) is 7.91. The van der Waals surface area contributed by atoms with Crippen LogP contribution in [-0.4, -0.2) is 36.0 Å². The zero-order chi connectivity index (χ0) is 14.4. The van der Waals surface area contributed by atoms with Crippen LogP contribution in [0.4, 0.5) is 0 Å². The van der Waals surface area contributed by atoms with Crippen molar-refractivity contribution in [2.45, 2.75) is 64.3 Å². The van der Waals surface area contributed by atoms with Gasteiger partial charge in [0.1, 0.15) is 5.78 Å². The smallest absolute Gasteiger partial charge is 0.157 e. The second kappa shape index (κ2) is 5.08. The molecule has 1 aliphatic heterocycles. The lowest BCUT2D eigenvalue weighted by Gasteiger charge is -2.39. The molecule has 2 saturated carbocycles. The van der Waals surface area contributed by atoms with E-state index in [0.717, 1.165) is 45.3 Å². The van der Waals surface area contributed by atoms with E-state index in [0.29, 0.717) is 12.2 Å². The van der Waals surface area contributed by atoms with Crippen LogP contribution in [0.15, 0.2) is 0 Å². The van der Waals surface area contributed by atoms with E-state index in [1.807, 2.05) is 13.8 Å². The molecule has 3 fully saturated rings. The Morgan fingerprint density at radius 2 is 2.05 bits per heavy atom. The van der Waals surface area contributed by atoms with Gasteiger partial charge < -0.3 is 14.6 Å². The number of ether oxygens (including phenoxy) is 2. The Morgan fingerprint density at radius 1 is 1.35 bits per heavy atom. The van der Waals surface area contributed by atoms with Gasteiger partial charge in [0.05, 0.1) is 18.8 Å². The van der Waals surface area contributed by atoms with Crippen molar-refractivity contribution in [2.24, 2.45) is 17.3 Å². The number of fused-ring (bicyclic) bond motifs is 2. The van der Waals surface area contributed by atoms with E-state index < -0.39 is 5.60 Å². The topological polar surface area (TPSA) is 55.8 Å². The van der Waals surface area contributed by atoms with Crippen molar-refractivity contribution >= 4 is 5.78 Å². The molecule has 0 aromatic heterocycles. The minimum absolute atomic E-state index is 0.0479. The summed E-state index contributed by atoms with van der Waals surface area (Å²) in [5.41, 5.74) is -0.734. The van der Waals surface area contributed by atoms with Crippen LogP contribution in [0.1, 0.15) is 52.4 Å². The average molecular weight is 282 g/mol. The second-order valence-electron chi connectivity index (χ2n) is 7.25. The molecule has 1 heterocycles. The van der Waals surface area contributed by atoms with E-state index in [-0.39, 0.29) is 23.5 Å². The average Bonchev–Trinajstić information content (AvgIpc) is 2.65. The van der Waals surface area contributed by atoms with Gasteiger partial charge in [0.25, 0.3) is 0 Å². The molecule has 4 atom stereocenters. The summed E-state index contributed by atoms with van der Waals surface area (Å²) in [7, 11) is 0. The fraction of sp³-hybridized carbons (Fsp3) is 0.938. The molecular formula is C16H26O4. The van der Waals surface area contributed by atoms with E-state index in [2.05, 4.69) is 0 Å². The number of rotatable bonds is 3. The summed E-state index contributed by atoms with van der Waals surface area (Å²) in [6.45, 7) is 5.49. The number of Topliss-reactive ketones (excluding diaryl/α,β-unsaturated/α-hetero) is 1. The monoisotopic (exact) mass is 282 g/mol. The zero-order valence-corrected chi connectivity index (χ0v) is 12.6. The van der Waals surface area contributed by atoms with Crippen molar-refractivity contribution in [1.29, 1.82) is 0 Å². The van der Waals surface area contributed by atoms with Gasteiger partial charge in [0.2, 0.25) is 0 Å². The first kappa shape index (κ1) is 14.5. The van der Waals surface area contributed by atoms with Crippen molar-refractivity contribution in [3.05, 3.63) is 0 Å². The number of ketones is 1. The Hall–Kier alpha value is -0.450. The summed E-state index contributed by atoms with van der Waals surface area (Å²) in [6.07, 6.45) is 4.85. The third-order valence-electron chi connectivity index (χ3n) is 5.87. The predicted molar refractivity (Wildman–Crippen MR) is 74.1 cm³/mol. The minimum atomic E-state index is -0.686. The molecule has 3 aliphatic rings. The van der Waals surface area contributed by atoms with Gasteiger partial charge in [-0.3, -0.25) is 4.79 Å². The number of carbonyl (C=O) groups excluding carboxylic acids is 1. The van der Waals surface area contributed by atoms with Gasteiger partial charge in [0, 0.05) is 12.3 Å². The number of hydrogen-bond donors (Lipinski definition) is 1. The standard InChI is InChI=1S/C16H26O4/c1-11-13(17)8-12-9-16(11,10-15(12,2)18)5-4-14-19-6-3-7-20-14/h11-12,14,18H,3-10H2,1-2H3/t11-,12+,15+,16-/m0/s1. The molecule has 4 nitrogen and oxygen atoms in total. The van der Waals surface area contributed by atoms with E-state index in [1.54, 1.807) is 0 Å². The van der Waals surface area contributed by atoms with Gasteiger partial charge in [0.15, 0.2) is 6.29 Å². The maximum atomic E-state index is 12.2. The molecular weight excluding hydrogens is 256 g/mol. The predicted octanol–water partition coefficient (Wildman–Crippen LogP) is 2.29. The molecule has 4 heteroatoms. The largest absolute Gasteiger partial charge is 0.390 e. The lowest BCUT2D eigenvalue weighted by atomic mass is 9.65. The molecule has 1 saturated heterocycles. The van der Waals surface area contributed by atoms with Gasteiger partial charge in [-0.25, -0.2) is 0 Å². The van der Waals surface area contributed by atoms with E-state index in [1.165, 1.54) is 0 Å². The van der Waals surface area contributed by atoms with E-state index >= 15 is 0 Å². The lowest BCUT2D eigenvalue weighted by Crippen LogP contribution is -2.37. The molecule has 2 aliphatic carbocycles. The highest BCUT2D eigenvalue weighted by Gasteiger charge is 2.58. The van der Waals surface area contributed by atoms with Gasteiger partial charge in [-0.15, -0.1) is 0 Å². The third kappa shape index (κ3) is 2.42. The molecule has 2 bridgehead atoms. The van der Waals surface area contributed by atoms with Crippen LogP contribution in [0.2, 0.25) is 0 Å². The van der Waals surface area contributed by atoms with Crippen molar-refractivity contribution < 1.29 is 19.4 Å². The Kier molecular flexibility index (Phi) is 3.68. The fourth-order valence-electron chi connectivity index (χ4n) is 4.54. The third-order valence-corrected chi connectivity index (χ3v) is 5.87. The maximum Gasteiger partial charge on any atom is 0.157 e. The Bertz CT molecular complexity index is 386. The highest BCUT2D eigenvalue weighted by Crippen LogP contribution is 2.59. The number of aliphatic hydroxyl groups is 1. The highest BCUT2D eigenvalue weighted by atomic mass is 16.7. The molecule has 0 aromatic rings. The van der Waals surface area contributed by atoms with Crippen molar-refractivity contribution in [2.75, 3.05) is 13.2 Å². The normalized spacial score (nSPS) is 45.9. The van der Waals surface area contributed by atoms with Crippen LogP contribution in [-0.2, 0) is 14.3 Å². The van der Waals surface area contributed by atoms with Crippen molar-refractivity contribution in [3.63, 3.8) is 0 Å². The summed E-state index contributed by atoms with van der Waals surface area (Å²) in [5, 5.41) is 10.6. The Morgan fingerprint density at radius 3 is 2.75 bits per heavy atom. The quantitative estimate of drug-likeness (QED) is 0.863. The minimum Gasteiger partial charge on any atom is -0.390 e. The summed E-state index contributed by atoms with van der Waals surface area (Å²) in [5.74, 6) is 0.514. The molecule has 0 aromatic carbocycles. The van der Waals surface area contributed by atoms with E-state index in [4.69, 9.17) is 9.47 Å². The summed E-state index contributed by atoms with van der Waals surface area (Å²) in [6, 6.07) is 0. The molecule has 0 unspecified atom stereocenters. The second-order valence-corrected chi connectivity index (χ2v) is 7.25. The Labute approximate surface area is 120 Å². The fourth-order valence-corrected chi connectivity index (χ4v) is 4.54. The first-order valence-corrected chi connectivity index (χ1v) is 7.91. The molecule has 0 amide bonds. The molecule has 0 radical (unpaired) electrons. The molecule has 1 N–H and O–H groups in total. The van der Waals surface area contributed by atoms with Gasteiger partial charge in [-0.05, 0) is 50.4 Å². The summed E-state index contributed by atoms with van der Waals surface area (Å²) >= 11 is 0. The molecule has 114 valence electrons. The zero-order valence-electron chi connectivity index (χ0n) is 12.6. The Balaban J connectivity index is 1.70. The van der Waals surface area contributed by atoms with Gasteiger partial charge in [-0.1, -0.05) is 6.92 Å². The lowest BCUT2D eigenvalue weighted by molar-refractivity contribution is -0.185. The molecule has 0 spiro atoms. The van der Waals surface area contributed by atoms with Crippen molar-refractivity contribution in [1.82, 2.24) is 0 Å². The highest BCUT2D eigenvalue weighted by molar-refractivity contribution is 5.83. The van der Waals surface area contributed by atoms with Crippen molar-refractivity contribution in [3.8, 4) is 0 Å². The maximum absolute atomic E-state index is 12.2. The SMILES string of the molecule is C[C@H]1C(=O)C[C@@H]2C[C@@]1(CCC1OCCCO1)C[C@@]2(C)O. The van der Waals surface area contributed by atoms with Crippen LogP contribution in [0.3, 0.4) is 0 Å². The molecule has 20 heavy (non-hydrogen) atoms. The van der Waals surface area contributed by atoms with Crippen LogP contribution < -0.4 is 0 Å². The van der Waals surface area contributed by atoms with Crippen LogP contribution >= 0.6 is 0 Å². The summed E-state index contributed by atoms with van der Waals surface area (Å²) < 4.78 is 11.2. The molecule has 3 rings (SSSR count). The van der Waals surface area contributed by atoms with Gasteiger partial charge in [-0.2, -0.15) is 0 Å². The van der Waals surface area contributed by atoms with Crippen LogP contribution in [0, 0.1) is 17.3 Å². The van der Waals surface area contributed by atoms with E-state index in [9.17, 15) is 9.90 Å². The van der Waals surface area contributed by atoms with Crippen LogP contribution in [0.25, 0.3) is 0 Å². The van der Waals surface area contributed by atoms with Crippen LogP contribution in [0.5, 0.6) is 0 Å². The summed E-state index contributed by atoms with van der Waals surface area (Å²) in [4.78, 5) is 12.2. The first-order chi connectivity index (χ1) is 9.43. The number of carbonyl (C=O) groups is 1. The number of hydrogen-bond acceptors (Lipinski definition) is 4.